The van der Waals surface area contributed by atoms with E-state index in [4.69, 9.17) is 5.73 Å². The van der Waals surface area contributed by atoms with Gasteiger partial charge in [0.2, 0.25) is 0 Å². The van der Waals surface area contributed by atoms with E-state index in [2.05, 4.69) is 21.5 Å². The van der Waals surface area contributed by atoms with Gasteiger partial charge in [-0.3, -0.25) is 0 Å². The van der Waals surface area contributed by atoms with E-state index in [9.17, 15) is 0 Å². The van der Waals surface area contributed by atoms with Crippen LogP contribution < -0.4 is 5.73 Å². The van der Waals surface area contributed by atoms with Crippen molar-refractivity contribution in [2.75, 3.05) is 20.1 Å². The van der Waals surface area contributed by atoms with Crippen molar-refractivity contribution < 1.29 is 0 Å². The molecular weight excluding hydrogens is 188 g/mol. The fourth-order valence-electron chi connectivity index (χ4n) is 1.87. The van der Waals surface area contributed by atoms with E-state index in [1.54, 1.807) is 0 Å². The maximum Gasteiger partial charge on any atom is 0.0948 e. The minimum Gasteiger partial charge on any atom is -0.333 e. The molecule has 0 atom stereocenters. The number of nitrogens with two attached hydrogens (primary N) is 1. The predicted molar refractivity (Wildman–Crippen MR) is 60.6 cm³/mol. The smallest absolute Gasteiger partial charge is 0.0948 e. The van der Waals surface area contributed by atoms with Crippen LogP contribution in [0.5, 0.6) is 0 Å². The fourth-order valence-corrected chi connectivity index (χ4v) is 1.87. The van der Waals surface area contributed by atoms with Gasteiger partial charge in [0.1, 0.15) is 0 Å². The van der Waals surface area contributed by atoms with Crippen LogP contribution in [0.3, 0.4) is 0 Å². The lowest BCUT2D eigenvalue weighted by Gasteiger charge is -2.16. The van der Waals surface area contributed by atoms with E-state index < -0.39 is 0 Å². The summed E-state index contributed by atoms with van der Waals surface area (Å²) in [5.74, 6) is 0. The van der Waals surface area contributed by atoms with Gasteiger partial charge in [0.25, 0.3) is 0 Å². The molecule has 1 fully saturated rings. The molecule has 0 bridgehead atoms. The molecule has 1 aromatic heterocycles. The van der Waals surface area contributed by atoms with Gasteiger partial charge in [-0.15, -0.1) is 0 Å². The van der Waals surface area contributed by atoms with Crippen LogP contribution in [0.4, 0.5) is 0 Å². The average molecular weight is 208 g/mol. The Bertz CT molecular complexity index is 303. The van der Waals surface area contributed by atoms with Gasteiger partial charge in [-0.2, -0.15) is 0 Å². The van der Waals surface area contributed by atoms with Crippen LogP contribution >= 0.6 is 0 Å². The normalized spacial score (nSPS) is 16.2. The number of aromatic nitrogens is 2. The lowest BCUT2D eigenvalue weighted by molar-refractivity contribution is 0.307. The van der Waals surface area contributed by atoms with Gasteiger partial charge in [-0.05, 0) is 26.4 Å². The molecule has 84 valence electrons. The molecule has 0 aliphatic heterocycles. The van der Waals surface area contributed by atoms with Crippen molar-refractivity contribution in [3.05, 3.63) is 18.2 Å². The highest BCUT2D eigenvalue weighted by molar-refractivity contribution is 4.99. The maximum atomic E-state index is 5.55. The minimum atomic E-state index is 0.699. The van der Waals surface area contributed by atoms with Gasteiger partial charge in [0.05, 0.1) is 6.33 Å². The molecule has 0 aromatic carbocycles. The fraction of sp³-hybridized carbons (Fsp3) is 0.727. The first kappa shape index (κ1) is 10.6. The van der Waals surface area contributed by atoms with E-state index in [1.165, 1.54) is 18.5 Å². The topological polar surface area (TPSA) is 47.1 Å². The molecule has 0 spiro atoms. The third kappa shape index (κ3) is 2.79. The van der Waals surface area contributed by atoms with E-state index in [1.807, 2.05) is 12.5 Å². The molecule has 0 saturated heterocycles. The average Bonchev–Trinajstić information content (AvgIpc) is 2.99. The molecule has 2 rings (SSSR count). The molecule has 4 heteroatoms. The van der Waals surface area contributed by atoms with Crippen LogP contribution in [0, 0.1) is 0 Å². The third-order valence-electron chi connectivity index (χ3n) is 3.06. The van der Waals surface area contributed by atoms with Crippen molar-refractivity contribution >= 4 is 0 Å². The first-order valence-electron chi connectivity index (χ1n) is 5.70. The zero-order valence-corrected chi connectivity index (χ0v) is 9.39. The summed E-state index contributed by atoms with van der Waals surface area (Å²) in [4.78, 5) is 6.60. The van der Waals surface area contributed by atoms with Gasteiger partial charge in [0.15, 0.2) is 0 Å². The van der Waals surface area contributed by atoms with Gasteiger partial charge in [-0.25, -0.2) is 4.98 Å². The van der Waals surface area contributed by atoms with Crippen molar-refractivity contribution in [3.8, 4) is 0 Å². The highest BCUT2D eigenvalue weighted by Gasteiger charge is 2.25. The summed E-state index contributed by atoms with van der Waals surface area (Å²) in [5, 5.41) is 0. The number of hydrogen-bond donors (Lipinski definition) is 1. The Hall–Kier alpha value is -0.870. The highest BCUT2D eigenvalue weighted by Crippen LogP contribution is 2.24. The summed E-state index contributed by atoms with van der Waals surface area (Å²) in [6.45, 7) is 2.84. The Balaban J connectivity index is 1.83. The lowest BCUT2D eigenvalue weighted by atomic mass is 10.3. The number of nitrogens with zero attached hydrogens (tertiary/aromatic N) is 3. The zero-order valence-electron chi connectivity index (χ0n) is 9.39. The molecule has 0 radical (unpaired) electrons. The van der Waals surface area contributed by atoms with E-state index >= 15 is 0 Å². The van der Waals surface area contributed by atoms with Gasteiger partial charge >= 0.3 is 0 Å². The van der Waals surface area contributed by atoms with Crippen molar-refractivity contribution in [1.29, 1.82) is 0 Å². The Morgan fingerprint density at radius 1 is 1.60 bits per heavy atom. The molecule has 1 saturated carbocycles. The minimum absolute atomic E-state index is 0.699. The van der Waals surface area contributed by atoms with Crippen LogP contribution in [0.2, 0.25) is 0 Å². The van der Waals surface area contributed by atoms with Crippen LogP contribution in [-0.4, -0.2) is 40.6 Å². The van der Waals surface area contributed by atoms with Crippen molar-refractivity contribution in [1.82, 2.24) is 14.5 Å². The quantitative estimate of drug-likeness (QED) is 0.739. The second-order valence-corrected chi connectivity index (χ2v) is 4.33. The second kappa shape index (κ2) is 4.77. The summed E-state index contributed by atoms with van der Waals surface area (Å²) in [7, 11) is 2.21. The molecule has 15 heavy (non-hydrogen) atoms. The summed E-state index contributed by atoms with van der Waals surface area (Å²) in [5.41, 5.74) is 6.80. The summed E-state index contributed by atoms with van der Waals surface area (Å²) in [6, 6.07) is 0.839. The lowest BCUT2D eigenvalue weighted by Crippen LogP contribution is -2.25. The summed E-state index contributed by atoms with van der Waals surface area (Å²) in [6.07, 6.45) is 7.50. The molecule has 1 aromatic rings. The zero-order chi connectivity index (χ0) is 10.7. The largest absolute Gasteiger partial charge is 0.333 e. The second-order valence-electron chi connectivity index (χ2n) is 4.33. The van der Waals surface area contributed by atoms with E-state index in [0.717, 1.165) is 25.6 Å². The van der Waals surface area contributed by atoms with Crippen molar-refractivity contribution in [2.45, 2.75) is 31.8 Å². The van der Waals surface area contributed by atoms with Crippen molar-refractivity contribution in [2.24, 2.45) is 5.73 Å². The van der Waals surface area contributed by atoms with Gasteiger partial charge in [-0.1, -0.05) is 0 Å². The van der Waals surface area contributed by atoms with Crippen LogP contribution in [0.1, 0.15) is 18.5 Å². The first-order chi connectivity index (χ1) is 7.31. The van der Waals surface area contributed by atoms with Gasteiger partial charge in [0, 0.05) is 37.4 Å². The monoisotopic (exact) mass is 208 g/mol. The molecule has 2 N–H and O–H groups in total. The van der Waals surface area contributed by atoms with E-state index in [0.29, 0.717) is 6.54 Å². The SMILES string of the molecule is CN(CCn1cncc1CCN)C1CC1. The molecule has 4 nitrogen and oxygen atoms in total. The standard InChI is InChI=1S/C11H20N4/c1-14(10-2-3-10)6-7-15-9-13-8-11(15)4-5-12/h8-10H,2-7,12H2,1H3. The summed E-state index contributed by atoms with van der Waals surface area (Å²) >= 11 is 0. The Labute approximate surface area is 91.1 Å². The molecule has 1 heterocycles. The maximum absolute atomic E-state index is 5.55. The van der Waals surface area contributed by atoms with E-state index in [-0.39, 0.29) is 0 Å². The molecule has 0 amide bonds. The highest BCUT2D eigenvalue weighted by atomic mass is 15.2. The number of likely N-dealkylation sites (N-methyl/N-ethyl adjacent to an activating group) is 1. The van der Waals surface area contributed by atoms with Gasteiger partial charge < -0.3 is 15.2 Å². The Morgan fingerprint density at radius 3 is 3.07 bits per heavy atom. The summed E-state index contributed by atoms with van der Waals surface area (Å²) < 4.78 is 2.21. The molecule has 1 aliphatic rings. The predicted octanol–water partition coefficient (Wildman–Crippen LogP) is 0.479. The Morgan fingerprint density at radius 2 is 2.40 bits per heavy atom. The number of imidazole rings is 1. The number of hydrogen-bond acceptors (Lipinski definition) is 3. The molecule has 1 aliphatic carbocycles. The van der Waals surface area contributed by atoms with Crippen LogP contribution in [-0.2, 0) is 13.0 Å². The molecular formula is C11H20N4. The van der Waals surface area contributed by atoms with Crippen molar-refractivity contribution in [3.63, 3.8) is 0 Å². The third-order valence-corrected chi connectivity index (χ3v) is 3.06. The first-order valence-corrected chi connectivity index (χ1v) is 5.70. The molecule has 0 unspecified atom stereocenters. The van der Waals surface area contributed by atoms with Crippen LogP contribution in [0.25, 0.3) is 0 Å². The Kier molecular flexibility index (Phi) is 3.38. The van der Waals surface area contributed by atoms with Crippen LogP contribution in [0.15, 0.2) is 12.5 Å². The number of rotatable bonds is 6.